The zero-order valence-electron chi connectivity index (χ0n) is 15.3. The Morgan fingerprint density at radius 3 is 2.79 bits per heavy atom. The standard InChI is InChI=1S/C19H19F5N2O2/c1-18(23,24)12(5-6-27-2)7-26-9-19(25-11-26)10-28-8-14-15(19)4-3-13(16(14)20)17(21)22/h3-7,11,17H,8-10H2,1-2H3/b6-5+,12-7+. The SMILES string of the molecule is CO/C=C/C(=C\N1C=NC2(COCc3c2ccc(C(F)F)c3F)C1)C(C)(F)F. The Hall–Kier alpha value is -2.42. The number of halogens is 5. The third kappa shape index (κ3) is 3.76. The van der Waals surface area contributed by atoms with Crippen LogP contribution < -0.4 is 0 Å². The average Bonchev–Trinajstić information content (AvgIpc) is 3.01. The fourth-order valence-corrected chi connectivity index (χ4v) is 3.29. The van der Waals surface area contributed by atoms with Crippen LogP contribution in [0.5, 0.6) is 0 Å². The van der Waals surface area contributed by atoms with E-state index in [1.807, 2.05) is 0 Å². The van der Waals surface area contributed by atoms with Crippen LogP contribution in [0.4, 0.5) is 22.0 Å². The molecule has 28 heavy (non-hydrogen) atoms. The van der Waals surface area contributed by atoms with Crippen LogP contribution in [0.2, 0.25) is 0 Å². The average molecular weight is 402 g/mol. The number of methoxy groups -OCH3 is 1. The van der Waals surface area contributed by atoms with Gasteiger partial charge in [-0.15, -0.1) is 0 Å². The first-order chi connectivity index (χ1) is 13.2. The zero-order chi connectivity index (χ0) is 20.5. The molecule has 1 atom stereocenters. The Balaban J connectivity index is 1.94. The second-order valence-corrected chi connectivity index (χ2v) is 6.75. The molecule has 1 unspecified atom stereocenters. The smallest absolute Gasteiger partial charge is 0.272 e. The molecule has 9 heteroatoms. The molecule has 0 bridgehead atoms. The van der Waals surface area contributed by atoms with Crippen molar-refractivity contribution in [3.05, 3.63) is 58.8 Å². The Bertz CT molecular complexity index is 832. The van der Waals surface area contributed by atoms with Gasteiger partial charge in [-0.1, -0.05) is 12.1 Å². The molecule has 1 spiro atoms. The Morgan fingerprint density at radius 1 is 1.39 bits per heavy atom. The lowest BCUT2D eigenvalue weighted by atomic mass is 9.85. The lowest BCUT2D eigenvalue weighted by Crippen LogP contribution is -2.39. The van der Waals surface area contributed by atoms with E-state index >= 15 is 0 Å². The summed E-state index contributed by atoms with van der Waals surface area (Å²) in [5.41, 5.74) is -1.62. The molecule has 0 saturated heterocycles. The van der Waals surface area contributed by atoms with Crippen LogP contribution in [-0.2, 0) is 21.6 Å². The summed E-state index contributed by atoms with van der Waals surface area (Å²) in [4.78, 5) is 5.79. The number of nitrogens with zero attached hydrogens (tertiary/aromatic N) is 2. The van der Waals surface area contributed by atoms with E-state index < -0.39 is 29.3 Å². The molecule has 3 rings (SSSR count). The molecule has 0 fully saturated rings. The molecule has 0 saturated carbocycles. The molecule has 0 aliphatic carbocycles. The molecule has 0 aromatic heterocycles. The summed E-state index contributed by atoms with van der Waals surface area (Å²) >= 11 is 0. The van der Waals surface area contributed by atoms with Crippen molar-refractivity contribution in [1.29, 1.82) is 0 Å². The van der Waals surface area contributed by atoms with Gasteiger partial charge in [0.25, 0.3) is 12.3 Å². The van der Waals surface area contributed by atoms with E-state index in [0.29, 0.717) is 5.56 Å². The lowest BCUT2D eigenvalue weighted by molar-refractivity contribution is 0.0498. The summed E-state index contributed by atoms with van der Waals surface area (Å²) < 4.78 is 78.2. The Morgan fingerprint density at radius 2 is 2.14 bits per heavy atom. The van der Waals surface area contributed by atoms with E-state index in [1.165, 1.54) is 30.6 Å². The molecular formula is C19H19F5N2O2. The number of aliphatic imine (C=N–C) groups is 1. The van der Waals surface area contributed by atoms with Gasteiger partial charge in [0.2, 0.25) is 0 Å². The van der Waals surface area contributed by atoms with Crippen LogP contribution in [0, 0.1) is 5.82 Å². The molecule has 2 aliphatic heterocycles. The van der Waals surface area contributed by atoms with Crippen molar-refractivity contribution in [2.75, 3.05) is 20.3 Å². The van der Waals surface area contributed by atoms with Crippen molar-refractivity contribution < 1.29 is 31.4 Å². The zero-order valence-corrected chi connectivity index (χ0v) is 15.3. The topological polar surface area (TPSA) is 34.1 Å². The highest BCUT2D eigenvalue weighted by Gasteiger charge is 2.43. The molecule has 0 N–H and O–H groups in total. The first-order valence-electron chi connectivity index (χ1n) is 8.46. The van der Waals surface area contributed by atoms with Crippen molar-refractivity contribution in [2.24, 2.45) is 4.99 Å². The number of allylic oxidation sites excluding steroid dienone is 2. The van der Waals surface area contributed by atoms with Crippen molar-refractivity contribution >= 4 is 6.34 Å². The molecule has 152 valence electrons. The van der Waals surface area contributed by atoms with E-state index in [4.69, 9.17) is 9.47 Å². The van der Waals surface area contributed by atoms with Gasteiger partial charge in [0.05, 0.1) is 45.0 Å². The highest BCUT2D eigenvalue weighted by molar-refractivity contribution is 5.63. The Kier molecular flexibility index (Phi) is 5.47. The molecule has 0 amide bonds. The number of fused-ring (bicyclic) bond motifs is 2. The van der Waals surface area contributed by atoms with E-state index in [0.717, 1.165) is 25.3 Å². The maximum atomic E-state index is 14.5. The summed E-state index contributed by atoms with van der Waals surface area (Å²) in [5.74, 6) is -4.14. The monoisotopic (exact) mass is 402 g/mol. The number of hydrogen-bond donors (Lipinski definition) is 0. The predicted octanol–water partition coefficient (Wildman–Crippen LogP) is 4.53. The van der Waals surface area contributed by atoms with Gasteiger partial charge < -0.3 is 14.4 Å². The van der Waals surface area contributed by atoms with E-state index in [9.17, 15) is 22.0 Å². The van der Waals surface area contributed by atoms with Gasteiger partial charge in [-0.25, -0.2) is 22.0 Å². The number of hydrogen-bond acceptors (Lipinski definition) is 4. The van der Waals surface area contributed by atoms with E-state index in [-0.39, 0.29) is 30.9 Å². The minimum absolute atomic E-state index is 0.0207. The third-order valence-electron chi connectivity index (χ3n) is 4.69. The van der Waals surface area contributed by atoms with Gasteiger partial charge in [0, 0.05) is 24.3 Å². The van der Waals surface area contributed by atoms with Gasteiger partial charge in [-0.3, -0.25) is 4.99 Å². The van der Waals surface area contributed by atoms with E-state index in [1.54, 1.807) is 0 Å². The lowest BCUT2D eigenvalue weighted by Gasteiger charge is -2.34. The maximum Gasteiger partial charge on any atom is 0.272 e. The number of benzene rings is 1. The molecule has 2 heterocycles. The van der Waals surface area contributed by atoms with Gasteiger partial charge in [0.1, 0.15) is 11.4 Å². The third-order valence-corrected chi connectivity index (χ3v) is 4.69. The summed E-state index contributed by atoms with van der Waals surface area (Å²) in [6.45, 7) is 0.791. The number of ether oxygens (including phenoxy) is 2. The van der Waals surface area contributed by atoms with Gasteiger partial charge >= 0.3 is 0 Å². The first-order valence-corrected chi connectivity index (χ1v) is 8.46. The second kappa shape index (κ2) is 7.54. The predicted molar refractivity (Wildman–Crippen MR) is 92.7 cm³/mol. The van der Waals surface area contributed by atoms with E-state index in [2.05, 4.69) is 4.99 Å². The highest BCUT2D eigenvalue weighted by Crippen LogP contribution is 2.40. The normalized spacial score (nSPS) is 22.6. The highest BCUT2D eigenvalue weighted by atomic mass is 19.3. The van der Waals surface area contributed by atoms with Crippen LogP contribution in [0.3, 0.4) is 0 Å². The van der Waals surface area contributed by atoms with Crippen molar-refractivity contribution in [3.8, 4) is 0 Å². The molecule has 0 radical (unpaired) electrons. The molecule has 4 nitrogen and oxygen atoms in total. The quantitative estimate of drug-likeness (QED) is 0.412. The molecular weight excluding hydrogens is 383 g/mol. The molecule has 2 aliphatic rings. The largest absolute Gasteiger partial charge is 0.504 e. The van der Waals surface area contributed by atoms with Crippen LogP contribution in [-0.4, -0.2) is 37.4 Å². The van der Waals surface area contributed by atoms with Gasteiger partial charge in [-0.05, 0) is 11.6 Å². The first kappa shape index (κ1) is 20.3. The van der Waals surface area contributed by atoms with Crippen LogP contribution in [0.15, 0.2) is 41.2 Å². The summed E-state index contributed by atoms with van der Waals surface area (Å²) in [6.07, 6.45) is 1.89. The Labute approximate surface area is 158 Å². The molecule has 1 aromatic rings. The van der Waals surface area contributed by atoms with Crippen LogP contribution in [0.25, 0.3) is 0 Å². The van der Waals surface area contributed by atoms with Gasteiger partial charge in [0.15, 0.2) is 0 Å². The summed E-state index contributed by atoms with van der Waals surface area (Å²) in [6, 6.07) is 2.44. The number of alkyl halides is 4. The maximum absolute atomic E-state index is 14.5. The summed E-state index contributed by atoms with van der Waals surface area (Å²) in [7, 11) is 1.34. The van der Waals surface area contributed by atoms with Crippen molar-refractivity contribution in [1.82, 2.24) is 4.90 Å². The second-order valence-electron chi connectivity index (χ2n) is 6.75. The van der Waals surface area contributed by atoms with Gasteiger partial charge in [-0.2, -0.15) is 0 Å². The fourth-order valence-electron chi connectivity index (χ4n) is 3.29. The van der Waals surface area contributed by atoms with Crippen molar-refractivity contribution in [3.63, 3.8) is 0 Å². The minimum atomic E-state index is -3.13. The molecule has 1 aromatic carbocycles. The minimum Gasteiger partial charge on any atom is -0.504 e. The van der Waals surface area contributed by atoms with Crippen molar-refractivity contribution in [2.45, 2.75) is 31.4 Å². The van der Waals surface area contributed by atoms with Crippen LogP contribution in [0.1, 0.15) is 30.0 Å². The number of rotatable bonds is 5. The summed E-state index contributed by atoms with van der Waals surface area (Å²) in [5, 5.41) is 0. The fraction of sp³-hybridized carbons (Fsp3) is 0.421. The van der Waals surface area contributed by atoms with Crippen LogP contribution >= 0.6 is 0 Å².